The summed E-state index contributed by atoms with van der Waals surface area (Å²) in [6.07, 6.45) is 1.04. The number of hydrogen-bond acceptors (Lipinski definition) is 5. The van der Waals surface area contributed by atoms with Gasteiger partial charge >= 0.3 is 0 Å². The van der Waals surface area contributed by atoms with E-state index in [-0.39, 0.29) is 24.7 Å². The van der Waals surface area contributed by atoms with Gasteiger partial charge in [0.1, 0.15) is 0 Å². The molecule has 2 N–H and O–H groups in total. The normalized spacial score (nSPS) is 10.0. The number of benzene rings is 2. The molecule has 2 aromatic carbocycles. The zero-order chi connectivity index (χ0) is 19.6. The van der Waals surface area contributed by atoms with Gasteiger partial charge in [-0.2, -0.15) is 0 Å². The SMILES string of the molecule is COc1cc(CC(=O)N(CCN)CCc2ccccc2)cc(OC)c1OC.Cl. The van der Waals surface area contributed by atoms with Crippen LogP contribution in [0.2, 0.25) is 0 Å². The summed E-state index contributed by atoms with van der Waals surface area (Å²) in [6.45, 7) is 1.58. The van der Waals surface area contributed by atoms with Crippen LogP contribution in [0.1, 0.15) is 11.1 Å². The first-order chi connectivity index (χ1) is 13.1. The lowest BCUT2D eigenvalue weighted by Gasteiger charge is -2.23. The van der Waals surface area contributed by atoms with E-state index in [2.05, 4.69) is 12.1 Å². The molecule has 0 spiro atoms. The molecule has 7 heteroatoms. The second kappa shape index (κ2) is 12.1. The first-order valence-corrected chi connectivity index (χ1v) is 8.93. The Hall–Kier alpha value is -2.44. The number of methoxy groups -OCH3 is 3. The number of ether oxygens (including phenoxy) is 3. The summed E-state index contributed by atoms with van der Waals surface area (Å²) < 4.78 is 16.1. The number of rotatable bonds is 10. The van der Waals surface area contributed by atoms with Crippen LogP contribution in [0.5, 0.6) is 17.2 Å². The van der Waals surface area contributed by atoms with E-state index in [4.69, 9.17) is 19.9 Å². The van der Waals surface area contributed by atoms with E-state index in [9.17, 15) is 4.79 Å². The molecule has 154 valence electrons. The minimum atomic E-state index is 0. The molecule has 2 aromatic rings. The molecule has 0 unspecified atom stereocenters. The van der Waals surface area contributed by atoms with Crippen LogP contribution in [0.3, 0.4) is 0 Å². The average Bonchev–Trinajstić information content (AvgIpc) is 2.70. The second-order valence-electron chi connectivity index (χ2n) is 6.12. The van der Waals surface area contributed by atoms with Crippen LogP contribution in [0, 0.1) is 0 Å². The molecule has 0 fully saturated rings. The number of nitrogens with zero attached hydrogens (tertiary/aromatic N) is 1. The van der Waals surface area contributed by atoms with Crippen LogP contribution in [-0.2, 0) is 17.6 Å². The predicted octanol–water partition coefficient (Wildman–Crippen LogP) is 2.71. The summed E-state index contributed by atoms with van der Waals surface area (Å²) in [4.78, 5) is 14.6. The van der Waals surface area contributed by atoms with Gasteiger partial charge in [-0.05, 0) is 29.7 Å². The number of carbonyl (C=O) groups is 1. The number of carbonyl (C=O) groups excluding carboxylic acids is 1. The van der Waals surface area contributed by atoms with Crippen LogP contribution in [0.15, 0.2) is 42.5 Å². The Bertz CT molecular complexity index is 715. The van der Waals surface area contributed by atoms with Crippen molar-refractivity contribution in [2.75, 3.05) is 41.0 Å². The summed E-state index contributed by atoms with van der Waals surface area (Å²) in [5, 5.41) is 0. The maximum absolute atomic E-state index is 12.8. The Morgan fingerprint density at radius 3 is 2.04 bits per heavy atom. The highest BCUT2D eigenvalue weighted by molar-refractivity contribution is 5.85. The van der Waals surface area contributed by atoms with Gasteiger partial charge in [0.05, 0.1) is 27.8 Å². The van der Waals surface area contributed by atoms with E-state index in [1.165, 1.54) is 5.56 Å². The van der Waals surface area contributed by atoms with Crippen LogP contribution in [0.4, 0.5) is 0 Å². The van der Waals surface area contributed by atoms with Gasteiger partial charge in [0.25, 0.3) is 0 Å². The molecule has 0 atom stereocenters. The topological polar surface area (TPSA) is 74.0 Å². The van der Waals surface area contributed by atoms with E-state index in [1.54, 1.807) is 38.4 Å². The summed E-state index contributed by atoms with van der Waals surface area (Å²) in [7, 11) is 4.67. The van der Waals surface area contributed by atoms with Gasteiger partial charge in [-0.1, -0.05) is 30.3 Å². The average molecular weight is 409 g/mol. The van der Waals surface area contributed by atoms with E-state index in [0.29, 0.717) is 36.9 Å². The first-order valence-electron chi connectivity index (χ1n) is 8.93. The number of halogens is 1. The molecular formula is C21H29ClN2O4. The summed E-state index contributed by atoms with van der Waals surface area (Å²) in [5.74, 6) is 1.60. The van der Waals surface area contributed by atoms with Gasteiger partial charge in [-0.25, -0.2) is 0 Å². The molecule has 0 saturated heterocycles. The predicted molar refractivity (Wildman–Crippen MR) is 113 cm³/mol. The van der Waals surface area contributed by atoms with Crippen LogP contribution >= 0.6 is 12.4 Å². The van der Waals surface area contributed by atoms with E-state index >= 15 is 0 Å². The molecule has 0 radical (unpaired) electrons. The molecule has 0 aliphatic carbocycles. The van der Waals surface area contributed by atoms with Crippen molar-refractivity contribution >= 4 is 18.3 Å². The van der Waals surface area contributed by atoms with Crippen molar-refractivity contribution in [2.24, 2.45) is 5.73 Å². The third kappa shape index (κ3) is 6.32. The third-order valence-electron chi connectivity index (χ3n) is 4.34. The molecule has 0 aliphatic heterocycles. The fraction of sp³-hybridized carbons (Fsp3) is 0.381. The molecule has 0 aromatic heterocycles. The summed E-state index contributed by atoms with van der Waals surface area (Å²) >= 11 is 0. The Labute approximate surface area is 173 Å². The number of nitrogens with two attached hydrogens (primary N) is 1. The van der Waals surface area contributed by atoms with Crippen molar-refractivity contribution in [1.82, 2.24) is 4.90 Å². The lowest BCUT2D eigenvalue weighted by molar-refractivity contribution is -0.130. The molecule has 0 bridgehead atoms. The zero-order valence-electron chi connectivity index (χ0n) is 16.6. The Balaban J connectivity index is 0.00000392. The largest absolute Gasteiger partial charge is 0.493 e. The second-order valence-corrected chi connectivity index (χ2v) is 6.12. The van der Waals surface area contributed by atoms with Gasteiger partial charge in [-0.3, -0.25) is 4.79 Å². The molecule has 0 heterocycles. The Morgan fingerprint density at radius 2 is 1.54 bits per heavy atom. The van der Waals surface area contributed by atoms with Crippen molar-refractivity contribution in [3.8, 4) is 17.2 Å². The van der Waals surface area contributed by atoms with Gasteiger partial charge in [0.2, 0.25) is 11.7 Å². The number of amides is 1. The highest BCUT2D eigenvalue weighted by Gasteiger charge is 2.18. The van der Waals surface area contributed by atoms with E-state index in [0.717, 1.165) is 12.0 Å². The third-order valence-corrected chi connectivity index (χ3v) is 4.34. The Morgan fingerprint density at radius 1 is 0.929 bits per heavy atom. The van der Waals surface area contributed by atoms with Crippen LogP contribution in [-0.4, -0.2) is 51.8 Å². The standard InChI is InChI=1S/C21H28N2O4.ClH/c1-25-18-13-17(14-19(26-2)21(18)27-3)15-20(24)23(12-10-22)11-9-16-7-5-4-6-8-16;/h4-8,13-14H,9-12,15,22H2,1-3H3;1H. The lowest BCUT2D eigenvalue weighted by atomic mass is 10.1. The Kier molecular flexibility index (Phi) is 10.2. The maximum atomic E-state index is 12.8. The van der Waals surface area contributed by atoms with Gasteiger partial charge in [-0.15, -0.1) is 12.4 Å². The van der Waals surface area contributed by atoms with Crippen molar-refractivity contribution < 1.29 is 19.0 Å². The van der Waals surface area contributed by atoms with Crippen molar-refractivity contribution in [3.05, 3.63) is 53.6 Å². The summed E-state index contributed by atoms with van der Waals surface area (Å²) in [5.41, 5.74) is 7.70. The van der Waals surface area contributed by atoms with E-state index < -0.39 is 0 Å². The molecule has 6 nitrogen and oxygen atoms in total. The van der Waals surface area contributed by atoms with Gasteiger partial charge in [0, 0.05) is 19.6 Å². The van der Waals surface area contributed by atoms with Crippen molar-refractivity contribution in [3.63, 3.8) is 0 Å². The minimum Gasteiger partial charge on any atom is -0.493 e. The minimum absolute atomic E-state index is 0. The fourth-order valence-corrected chi connectivity index (χ4v) is 2.95. The molecule has 1 amide bonds. The van der Waals surface area contributed by atoms with Crippen LogP contribution < -0.4 is 19.9 Å². The van der Waals surface area contributed by atoms with E-state index in [1.807, 2.05) is 18.2 Å². The number of hydrogen-bond donors (Lipinski definition) is 1. The first kappa shape index (κ1) is 23.6. The molecule has 28 heavy (non-hydrogen) atoms. The highest BCUT2D eigenvalue weighted by Crippen LogP contribution is 2.38. The summed E-state index contributed by atoms with van der Waals surface area (Å²) in [6, 6.07) is 13.7. The zero-order valence-corrected chi connectivity index (χ0v) is 17.5. The smallest absolute Gasteiger partial charge is 0.227 e. The van der Waals surface area contributed by atoms with Gasteiger partial charge < -0.3 is 24.8 Å². The quantitative estimate of drug-likeness (QED) is 0.654. The van der Waals surface area contributed by atoms with Gasteiger partial charge in [0.15, 0.2) is 11.5 Å². The monoisotopic (exact) mass is 408 g/mol. The molecule has 2 rings (SSSR count). The van der Waals surface area contributed by atoms with Crippen LogP contribution in [0.25, 0.3) is 0 Å². The fourth-order valence-electron chi connectivity index (χ4n) is 2.95. The molecular weight excluding hydrogens is 380 g/mol. The maximum Gasteiger partial charge on any atom is 0.227 e. The van der Waals surface area contributed by atoms with Crippen molar-refractivity contribution in [1.29, 1.82) is 0 Å². The lowest BCUT2D eigenvalue weighted by Crippen LogP contribution is -2.37. The van der Waals surface area contributed by atoms with Crippen molar-refractivity contribution in [2.45, 2.75) is 12.8 Å². The molecule has 0 aliphatic rings. The molecule has 0 saturated carbocycles. The highest BCUT2D eigenvalue weighted by atomic mass is 35.5.